The number of nitrogens with zero attached hydrogens (tertiary/aromatic N) is 1. The van der Waals surface area contributed by atoms with E-state index in [9.17, 15) is 13.2 Å². The van der Waals surface area contributed by atoms with Crippen LogP contribution in [0.3, 0.4) is 0 Å². The van der Waals surface area contributed by atoms with Crippen LogP contribution in [0.1, 0.15) is 0 Å². The van der Waals surface area contributed by atoms with Crippen molar-refractivity contribution in [1.29, 1.82) is 0 Å². The standard InChI is InChI=1S/C11H7F3N2/c12-7-4-8(13)11(9(14)5-7)6-1-2-16-10(15)3-6/h1-5H,(H2,15,16). The molecule has 2 rings (SSSR count). The molecule has 0 amide bonds. The van der Waals surface area contributed by atoms with Gasteiger partial charge in [-0.2, -0.15) is 0 Å². The van der Waals surface area contributed by atoms with Gasteiger partial charge in [-0.3, -0.25) is 0 Å². The Hall–Kier alpha value is -2.04. The molecule has 0 atom stereocenters. The molecule has 0 fully saturated rings. The highest BCUT2D eigenvalue weighted by Gasteiger charge is 2.13. The molecule has 0 aliphatic rings. The molecule has 0 radical (unpaired) electrons. The minimum absolute atomic E-state index is 0.139. The Bertz CT molecular complexity index is 517. The summed E-state index contributed by atoms with van der Waals surface area (Å²) >= 11 is 0. The molecule has 1 aromatic heterocycles. The Morgan fingerprint density at radius 3 is 2.19 bits per heavy atom. The molecule has 16 heavy (non-hydrogen) atoms. The van der Waals surface area contributed by atoms with E-state index in [0.717, 1.165) is 0 Å². The Morgan fingerprint density at radius 1 is 1.00 bits per heavy atom. The monoisotopic (exact) mass is 224 g/mol. The summed E-state index contributed by atoms with van der Waals surface area (Å²) in [4.78, 5) is 3.70. The third kappa shape index (κ3) is 1.84. The van der Waals surface area contributed by atoms with Crippen molar-refractivity contribution in [3.63, 3.8) is 0 Å². The van der Waals surface area contributed by atoms with E-state index < -0.39 is 17.5 Å². The van der Waals surface area contributed by atoms with Crippen LogP contribution in [0.25, 0.3) is 11.1 Å². The highest BCUT2D eigenvalue weighted by Crippen LogP contribution is 2.27. The van der Waals surface area contributed by atoms with Gasteiger partial charge in [0.2, 0.25) is 0 Å². The highest BCUT2D eigenvalue weighted by molar-refractivity contribution is 5.66. The molecule has 0 saturated heterocycles. The molecular formula is C11H7F3N2. The second-order valence-corrected chi connectivity index (χ2v) is 3.21. The number of pyridine rings is 1. The summed E-state index contributed by atoms with van der Waals surface area (Å²) in [7, 11) is 0. The van der Waals surface area contributed by atoms with E-state index in [4.69, 9.17) is 5.73 Å². The van der Waals surface area contributed by atoms with Crippen LogP contribution in [0, 0.1) is 17.5 Å². The highest BCUT2D eigenvalue weighted by atomic mass is 19.1. The Labute approximate surface area is 89.5 Å². The third-order valence-electron chi connectivity index (χ3n) is 2.08. The molecule has 1 aromatic carbocycles. The van der Waals surface area contributed by atoms with Crippen LogP contribution < -0.4 is 5.73 Å². The van der Waals surface area contributed by atoms with Crippen LogP contribution >= 0.6 is 0 Å². The van der Waals surface area contributed by atoms with Crippen LogP contribution in [0.4, 0.5) is 19.0 Å². The maximum absolute atomic E-state index is 13.4. The SMILES string of the molecule is Nc1cc(-c2c(F)cc(F)cc2F)ccn1. The molecule has 82 valence electrons. The van der Waals surface area contributed by atoms with E-state index >= 15 is 0 Å². The molecule has 2 nitrogen and oxygen atoms in total. The number of anilines is 1. The zero-order valence-electron chi connectivity index (χ0n) is 8.05. The molecule has 2 aromatic rings. The molecule has 0 bridgehead atoms. The topological polar surface area (TPSA) is 38.9 Å². The lowest BCUT2D eigenvalue weighted by Crippen LogP contribution is -1.95. The molecule has 0 spiro atoms. The van der Waals surface area contributed by atoms with Gasteiger partial charge < -0.3 is 5.73 Å². The summed E-state index contributed by atoms with van der Waals surface area (Å²) in [5, 5.41) is 0. The quantitative estimate of drug-likeness (QED) is 0.808. The third-order valence-corrected chi connectivity index (χ3v) is 2.08. The van der Waals surface area contributed by atoms with Gasteiger partial charge in [0.1, 0.15) is 23.3 Å². The smallest absolute Gasteiger partial charge is 0.136 e. The lowest BCUT2D eigenvalue weighted by atomic mass is 10.1. The van der Waals surface area contributed by atoms with E-state index in [1.807, 2.05) is 0 Å². The first-order valence-corrected chi connectivity index (χ1v) is 4.44. The van der Waals surface area contributed by atoms with E-state index in [1.54, 1.807) is 0 Å². The predicted octanol–water partition coefficient (Wildman–Crippen LogP) is 2.75. The maximum atomic E-state index is 13.4. The van der Waals surface area contributed by atoms with Crippen LogP contribution in [0.15, 0.2) is 30.5 Å². The summed E-state index contributed by atoms with van der Waals surface area (Å²) in [5.41, 5.74) is 5.31. The van der Waals surface area contributed by atoms with E-state index in [-0.39, 0.29) is 16.9 Å². The minimum atomic E-state index is -0.969. The van der Waals surface area contributed by atoms with Crippen molar-refractivity contribution in [2.45, 2.75) is 0 Å². The first-order chi connectivity index (χ1) is 7.58. The second-order valence-electron chi connectivity index (χ2n) is 3.21. The zero-order valence-corrected chi connectivity index (χ0v) is 8.05. The van der Waals surface area contributed by atoms with Crippen molar-refractivity contribution in [3.05, 3.63) is 47.9 Å². The minimum Gasteiger partial charge on any atom is -0.384 e. The van der Waals surface area contributed by atoms with E-state index in [1.165, 1.54) is 18.3 Å². The number of rotatable bonds is 1. The van der Waals surface area contributed by atoms with Gasteiger partial charge in [0.25, 0.3) is 0 Å². The van der Waals surface area contributed by atoms with E-state index in [2.05, 4.69) is 4.98 Å². The van der Waals surface area contributed by atoms with E-state index in [0.29, 0.717) is 12.1 Å². The molecule has 2 N–H and O–H groups in total. The second kappa shape index (κ2) is 3.84. The van der Waals surface area contributed by atoms with Gasteiger partial charge >= 0.3 is 0 Å². The van der Waals surface area contributed by atoms with Gasteiger partial charge in [-0.15, -0.1) is 0 Å². The molecular weight excluding hydrogens is 217 g/mol. The molecule has 5 heteroatoms. The molecule has 0 aliphatic carbocycles. The molecule has 0 saturated carbocycles. The molecule has 0 aliphatic heterocycles. The lowest BCUT2D eigenvalue weighted by Gasteiger charge is -2.05. The van der Waals surface area contributed by atoms with Gasteiger partial charge in [-0.25, -0.2) is 18.2 Å². The number of benzene rings is 1. The van der Waals surface area contributed by atoms with Crippen molar-refractivity contribution in [2.24, 2.45) is 0 Å². The number of nitrogens with two attached hydrogens (primary N) is 1. The zero-order chi connectivity index (χ0) is 11.7. The normalized spacial score (nSPS) is 10.4. The largest absolute Gasteiger partial charge is 0.384 e. The average Bonchev–Trinajstić information content (AvgIpc) is 2.15. The van der Waals surface area contributed by atoms with Crippen LogP contribution in [-0.2, 0) is 0 Å². The van der Waals surface area contributed by atoms with Crippen LogP contribution in [0.2, 0.25) is 0 Å². The summed E-state index contributed by atoms with van der Waals surface area (Å²) in [5.74, 6) is -2.76. The Morgan fingerprint density at radius 2 is 1.62 bits per heavy atom. The Kier molecular flexibility index (Phi) is 2.52. The summed E-state index contributed by atoms with van der Waals surface area (Å²) in [6.07, 6.45) is 1.33. The van der Waals surface area contributed by atoms with Crippen molar-refractivity contribution in [2.75, 3.05) is 5.73 Å². The van der Waals surface area contributed by atoms with Crippen molar-refractivity contribution < 1.29 is 13.2 Å². The fourth-order valence-electron chi connectivity index (χ4n) is 1.42. The number of aromatic nitrogens is 1. The van der Waals surface area contributed by atoms with Crippen molar-refractivity contribution in [3.8, 4) is 11.1 Å². The number of hydrogen-bond acceptors (Lipinski definition) is 2. The van der Waals surface area contributed by atoms with Crippen LogP contribution in [0.5, 0.6) is 0 Å². The van der Waals surface area contributed by atoms with Crippen molar-refractivity contribution in [1.82, 2.24) is 4.98 Å². The Balaban J connectivity index is 2.64. The van der Waals surface area contributed by atoms with Crippen molar-refractivity contribution >= 4 is 5.82 Å². The average molecular weight is 224 g/mol. The van der Waals surface area contributed by atoms with Crippen LogP contribution in [-0.4, -0.2) is 4.98 Å². The lowest BCUT2D eigenvalue weighted by molar-refractivity contribution is 0.548. The van der Waals surface area contributed by atoms with Gasteiger partial charge in [0.15, 0.2) is 0 Å². The maximum Gasteiger partial charge on any atom is 0.136 e. The number of hydrogen-bond donors (Lipinski definition) is 1. The number of halogens is 3. The van der Waals surface area contributed by atoms with Gasteiger partial charge in [0, 0.05) is 18.3 Å². The van der Waals surface area contributed by atoms with Gasteiger partial charge in [0.05, 0.1) is 5.56 Å². The molecule has 1 heterocycles. The first-order valence-electron chi connectivity index (χ1n) is 4.44. The summed E-state index contributed by atoms with van der Waals surface area (Å²) in [6, 6.07) is 3.96. The number of nitrogen functional groups attached to an aromatic ring is 1. The predicted molar refractivity (Wildman–Crippen MR) is 54.0 cm³/mol. The fraction of sp³-hybridized carbons (Fsp3) is 0. The summed E-state index contributed by atoms with van der Waals surface area (Å²) in [6.45, 7) is 0. The summed E-state index contributed by atoms with van der Waals surface area (Å²) < 4.78 is 39.5. The fourth-order valence-corrected chi connectivity index (χ4v) is 1.42. The van der Waals surface area contributed by atoms with Gasteiger partial charge in [-0.05, 0) is 17.7 Å². The van der Waals surface area contributed by atoms with Gasteiger partial charge in [-0.1, -0.05) is 0 Å². The first kappa shape index (κ1) is 10.5. The molecule has 0 unspecified atom stereocenters.